The number of benzene rings is 2. The summed E-state index contributed by atoms with van der Waals surface area (Å²) in [6.07, 6.45) is 3.98. The molecule has 0 unspecified atom stereocenters. The van der Waals surface area contributed by atoms with Gasteiger partial charge in [0.2, 0.25) is 0 Å². The third-order valence-electron chi connectivity index (χ3n) is 4.25. The van der Waals surface area contributed by atoms with Gasteiger partial charge < -0.3 is 16.2 Å². The second-order valence-electron chi connectivity index (χ2n) is 6.09. The Bertz CT molecular complexity index is 671. The van der Waals surface area contributed by atoms with Crippen LogP contribution in [0.15, 0.2) is 52.3 Å². The third kappa shape index (κ3) is 4.58. The largest absolute Gasteiger partial charge is 0.491 e. The SMILES string of the molecule is Nc1ccc(Sc2ccccc2OCCN2CCCCC2)cc1N. The molecule has 0 aromatic heterocycles. The van der Waals surface area contributed by atoms with Gasteiger partial charge in [0, 0.05) is 11.4 Å². The molecule has 1 fully saturated rings. The van der Waals surface area contributed by atoms with Crippen LogP contribution < -0.4 is 16.2 Å². The third-order valence-corrected chi connectivity index (χ3v) is 5.30. The fourth-order valence-corrected chi connectivity index (χ4v) is 3.81. The molecule has 0 atom stereocenters. The van der Waals surface area contributed by atoms with Gasteiger partial charge in [0.05, 0.1) is 16.3 Å². The van der Waals surface area contributed by atoms with E-state index >= 15 is 0 Å². The number of hydrogen-bond acceptors (Lipinski definition) is 5. The Labute approximate surface area is 148 Å². The van der Waals surface area contributed by atoms with E-state index in [1.165, 1.54) is 32.4 Å². The van der Waals surface area contributed by atoms with Crippen LogP contribution in [-0.2, 0) is 0 Å². The molecule has 24 heavy (non-hydrogen) atoms. The average molecular weight is 343 g/mol. The number of piperidine rings is 1. The highest BCUT2D eigenvalue weighted by Gasteiger charge is 2.11. The number of para-hydroxylation sites is 1. The molecule has 0 bridgehead atoms. The molecule has 0 saturated carbocycles. The highest BCUT2D eigenvalue weighted by Crippen LogP contribution is 2.36. The summed E-state index contributed by atoms with van der Waals surface area (Å²) >= 11 is 1.65. The van der Waals surface area contributed by atoms with Crippen molar-refractivity contribution >= 4 is 23.1 Å². The second kappa shape index (κ2) is 8.31. The molecule has 0 amide bonds. The van der Waals surface area contributed by atoms with E-state index in [1.54, 1.807) is 11.8 Å². The molecule has 2 aromatic rings. The van der Waals surface area contributed by atoms with Gasteiger partial charge in [-0.15, -0.1) is 0 Å². The zero-order valence-electron chi connectivity index (χ0n) is 13.9. The minimum Gasteiger partial charge on any atom is -0.491 e. The topological polar surface area (TPSA) is 64.5 Å². The van der Waals surface area contributed by atoms with Crippen molar-refractivity contribution < 1.29 is 4.74 Å². The van der Waals surface area contributed by atoms with Crippen LogP contribution >= 0.6 is 11.8 Å². The van der Waals surface area contributed by atoms with Crippen molar-refractivity contribution in [3.63, 3.8) is 0 Å². The molecular weight excluding hydrogens is 318 g/mol. The van der Waals surface area contributed by atoms with Gasteiger partial charge in [0.15, 0.2) is 0 Å². The summed E-state index contributed by atoms with van der Waals surface area (Å²) in [5.41, 5.74) is 12.9. The summed E-state index contributed by atoms with van der Waals surface area (Å²) in [5, 5.41) is 0. The van der Waals surface area contributed by atoms with Crippen LogP contribution in [0.5, 0.6) is 5.75 Å². The number of nitrogens with two attached hydrogens (primary N) is 2. The predicted octanol–water partition coefficient (Wildman–Crippen LogP) is 3.87. The Morgan fingerprint density at radius 3 is 2.54 bits per heavy atom. The lowest BCUT2D eigenvalue weighted by molar-refractivity contribution is 0.181. The molecule has 0 spiro atoms. The standard InChI is InChI=1S/C19H25N3OS/c20-16-9-8-15(14-17(16)21)24-19-7-3-2-6-18(19)23-13-12-22-10-4-1-5-11-22/h2-3,6-9,14H,1,4-5,10-13,20-21H2. The van der Waals surface area contributed by atoms with Crippen LogP contribution in [0.2, 0.25) is 0 Å². The van der Waals surface area contributed by atoms with Crippen molar-refractivity contribution in [1.82, 2.24) is 4.90 Å². The zero-order valence-corrected chi connectivity index (χ0v) is 14.7. The summed E-state index contributed by atoms with van der Waals surface area (Å²) in [6, 6.07) is 13.9. The first-order chi connectivity index (χ1) is 11.7. The molecule has 1 aliphatic rings. The zero-order chi connectivity index (χ0) is 16.8. The quantitative estimate of drug-likeness (QED) is 0.780. The molecule has 1 heterocycles. The summed E-state index contributed by atoms with van der Waals surface area (Å²) in [4.78, 5) is 4.65. The van der Waals surface area contributed by atoms with Gasteiger partial charge in [-0.05, 0) is 56.3 Å². The van der Waals surface area contributed by atoms with E-state index in [1.807, 2.05) is 36.4 Å². The van der Waals surface area contributed by atoms with Crippen molar-refractivity contribution in [2.75, 3.05) is 37.7 Å². The van der Waals surface area contributed by atoms with Crippen molar-refractivity contribution in [1.29, 1.82) is 0 Å². The summed E-state index contributed by atoms with van der Waals surface area (Å²) in [5.74, 6) is 0.926. The van der Waals surface area contributed by atoms with E-state index in [0.717, 1.165) is 28.7 Å². The lowest BCUT2D eigenvalue weighted by Gasteiger charge is -2.26. The van der Waals surface area contributed by atoms with Crippen molar-refractivity contribution in [2.24, 2.45) is 0 Å². The summed E-state index contributed by atoms with van der Waals surface area (Å²) < 4.78 is 6.05. The lowest BCUT2D eigenvalue weighted by Crippen LogP contribution is -2.33. The molecule has 128 valence electrons. The first kappa shape index (κ1) is 17.0. The normalized spacial score (nSPS) is 15.3. The molecule has 0 aliphatic carbocycles. The van der Waals surface area contributed by atoms with Gasteiger partial charge >= 0.3 is 0 Å². The maximum absolute atomic E-state index is 6.05. The van der Waals surface area contributed by atoms with Gasteiger partial charge in [-0.25, -0.2) is 0 Å². The molecule has 4 nitrogen and oxygen atoms in total. The fraction of sp³-hybridized carbons (Fsp3) is 0.368. The number of nitrogens with zero attached hydrogens (tertiary/aromatic N) is 1. The first-order valence-corrected chi connectivity index (χ1v) is 9.31. The molecule has 1 saturated heterocycles. The highest BCUT2D eigenvalue weighted by atomic mass is 32.2. The minimum atomic E-state index is 0.614. The van der Waals surface area contributed by atoms with E-state index < -0.39 is 0 Å². The Morgan fingerprint density at radius 1 is 0.958 bits per heavy atom. The maximum atomic E-state index is 6.05. The number of nitrogen functional groups attached to an aromatic ring is 2. The summed E-state index contributed by atoms with van der Waals surface area (Å²) in [6.45, 7) is 4.12. The van der Waals surface area contributed by atoms with E-state index in [2.05, 4.69) is 11.0 Å². The Hall–Kier alpha value is -1.85. The Morgan fingerprint density at radius 2 is 1.75 bits per heavy atom. The minimum absolute atomic E-state index is 0.614. The predicted molar refractivity (Wildman–Crippen MR) is 102 cm³/mol. The smallest absolute Gasteiger partial charge is 0.133 e. The molecule has 1 aliphatic heterocycles. The van der Waals surface area contributed by atoms with Crippen LogP contribution in [0.1, 0.15) is 19.3 Å². The van der Waals surface area contributed by atoms with E-state index in [-0.39, 0.29) is 0 Å². The average Bonchev–Trinajstić information content (AvgIpc) is 2.61. The lowest BCUT2D eigenvalue weighted by atomic mass is 10.1. The van der Waals surface area contributed by atoms with E-state index in [0.29, 0.717) is 11.4 Å². The molecule has 3 rings (SSSR count). The molecule has 5 heteroatoms. The maximum Gasteiger partial charge on any atom is 0.133 e. The fourth-order valence-electron chi connectivity index (χ4n) is 2.86. The number of likely N-dealkylation sites (tertiary alicyclic amines) is 1. The Kier molecular flexibility index (Phi) is 5.88. The number of rotatable bonds is 6. The molecule has 4 N–H and O–H groups in total. The van der Waals surface area contributed by atoms with E-state index in [9.17, 15) is 0 Å². The Balaban J connectivity index is 1.60. The number of hydrogen-bond donors (Lipinski definition) is 2. The van der Waals surface area contributed by atoms with Gasteiger partial charge in [-0.3, -0.25) is 4.90 Å². The van der Waals surface area contributed by atoms with Crippen LogP contribution in [0, 0.1) is 0 Å². The van der Waals surface area contributed by atoms with Crippen LogP contribution in [0.25, 0.3) is 0 Å². The molecule has 2 aromatic carbocycles. The van der Waals surface area contributed by atoms with Gasteiger partial charge in [0.25, 0.3) is 0 Å². The molecular formula is C19H25N3OS. The number of ether oxygens (including phenoxy) is 1. The van der Waals surface area contributed by atoms with Crippen LogP contribution in [-0.4, -0.2) is 31.1 Å². The molecule has 0 radical (unpaired) electrons. The first-order valence-electron chi connectivity index (χ1n) is 8.49. The van der Waals surface area contributed by atoms with Crippen LogP contribution in [0.4, 0.5) is 11.4 Å². The number of anilines is 2. The van der Waals surface area contributed by atoms with Crippen molar-refractivity contribution in [2.45, 2.75) is 29.1 Å². The van der Waals surface area contributed by atoms with Crippen molar-refractivity contribution in [3.8, 4) is 5.75 Å². The van der Waals surface area contributed by atoms with E-state index in [4.69, 9.17) is 16.2 Å². The summed E-state index contributed by atoms with van der Waals surface area (Å²) in [7, 11) is 0. The van der Waals surface area contributed by atoms with Gasteiger partial charge in [0.1, 0.15) is 12.4 Å². The van der Waals surface area contributed by atoms with Crippen LogP contribution in [0.3, 0.4) is 0 Å². The second-order valence-corrected chi connectivity index (χ2v) is 7.21. The van der Waals surface area contributed by atoms with Gasteiger partial charge in [-0.1, -0.05) is 30.3 Å². The highest BCUT2D eigenvalue weighted by molar-refractivity contribution is 7.99. The monoisotopic (exact) mass is 343 g/mol. The van der Waals surface area contributed by atoms with Crippen molar-refractivity contribution in [3.05, 3.63) is 42.5 Å². The van der Waals surface area contributed by atoms with Gasteiger partial charge in [-0.2, -0.15) is 0 Å².